The molecule has 0 N–H and O–H groups in total. The van der Waals surface area contributed by atoms with Gasteiger partial charge in [0.2, 0.25) is 0 Å². The Morgan fingerprint density at radius 3 is 2.42 bits per heavy atom. The molecule has 4 nitrogen and oxygen atoms in total. The van der Waals surface area contributed by atoms with E-state index in [2.05, 4.69) is 20.8 Å². The minimum atomic E-state index is -1.37. The highest BCUT2D eigenvalue weighted by Gasteiger charge is 2.41. The Morgan fingerprint density at radius 2 is 1.77 bits per heavy atom. The highest BCUT2D eigenvalue weighted by Crippen LogP contribution is 2.42. The van der Waals surface area contributed by atoms with Crippen LogP contribution in [-0.4, -0.2) is 43.7 Å². The monoisotopic (exact) mass is 493 g/mol. The van der Waals surface area contributed by atoms with Gasteiger partial charge in [0, 0.05) is 35.6 Å². The zero-order valence-corrected chi connectivity index (χ0v) is 19.3. The van der Waals surface area contributed by atoms with E-state index >= 15 is 4.39 Å². The molecule has 4 rings (SSSR count). The molecular weight excluding hydrogens is 468 g/mol. The fourth-order valence-electron chi connectivity index (χ4n) is 4.78. The van der Waals surface area contributed by atoms with Crippen molar-refractivity contribution in [3.05, 3.63) is 57.3 Å². The minimum Gasteiger partial charge on any atom is -0.493 e. The zero-order chi connectivity index (χ0) is 22.2. The highest BCUT2D eigenvalue weighted by molar-refractivity contribution is 9.10. The number of hydrogen-bond acceptors (Lipinski definition) is 4. The standard InChI is InChI=1S/C24H26BrF2NO3/c1-30-21-10-16-9-17(23(29)20(16)12-22(21)31-2)13-24(27)3-5-28(6-4-24)14-15-7-18(25)11-19(26)8-15/h7-8,10-12,17H,3-6,9,13-14H2,1-2H3. The van der Waals surface area contributed by atoms with E-state index in [1.807, 2.05) is 12.1 Å². The highest BCUT2D eigenvalue weighted by atomic mass is 79.9. The van der Waals surface area contributed by atoms with E-state index in [1.165, 1.54) is 19.2 Å². The second kappa shape index (κ2) is 8.87. The number of benzene rings is 2. The van der Waals surface area contributed by atoms with Crippen LogP contribution in [0.4, 0.5) is 8.78 Å². The number of likely N-dealkylation sites (tertiary alicyclic amines) is 1. The molecular formula is C24H26BrF2NO3. The number of fused-ring (bicyclic) bond motifs is 1. The van der Waals surface area contributed by atoms with Gasteiger partial charge in [-0.05, 0) is 67.1 Å². The van der Waals surface area contributed by atoms with Crippen LogP contribution in [0.5, 0.6) is 11.5 Å². The summed E-state index contributed by atoms with van der Waals surface area (Å²) in [5.41, 5.74) is 1.00. The summed E-state index contributed by atoms with van der Waals surface area (Å²) < 4.78 is 40.6. The molecule has 1 saturated heterocycles. The van der Waals surface area contributed by atoms with Crippen molar-refractivity contribution < 1.29 is 23.0 Å². The number of hydrogen-bond donors (Lipinski definition) is 0. The molecule has 0 spiro atoms. The average Bonchev–Trinajstić information content (AvgIpc) is 3.02. The molecule has 0 aromatic heterocycles. The third-order valence-electron chi connectivity index (χ3n) is 6.40. The van der Waals surface area contributed by atoms with Gasteiger partial charge in [0.05, 0.1) is 14.2 Å². The van der Waals surface area contributed by atoms with Crippen molar-refractivity contribution in [3.8, 4) is 11.5 Å². The van der Waals surface area contributed by atoms with Gasteiger partial charge in [-0.2, -0.15) is 0 Å². The number of carbonyl (C=O) groups excluding carboxylic acids is 1. The number of halogens is 3. The molecule has 166 valence electrons. The van der Waals surface area contributed by atoms with Crippen LogP contribution in [0.25, 0.3) is 0 Å². The lowest BCUT2D eigenvalue weighted by Gasteiger charge is -2.37. The van der Waals surface area contributed by atoms with E-state index in [4.69, 9.17) is 9.47 Å². The molecule has 1 fully saturated rings. The Bertz CT molecular complexity index is 969. The molecule has 2 aromatic carbocycles. The average molecular weight is 494 g/mol. The molecule has 2 aliphatic rings. The Balaban J connectivity index is 1.38. The fourth-order valence-corrected chi connectivity index (χ4v) is 5.29. The number of piperidine rings is 1. The smallest absolute Gasteiger partial charge is 0.166 e. The van der Waals surface area contributed by atoms with E-state index in [0.29, 0.717) is 60.4 Å². The van der Waals surface area contributed by atoms with Crippen molar-refractivity contribution in [2.24, 2.45) is 5.92 Å². The molecule has 1 aliphatic carbocycles. The molecule has 7 heteroatoms. The molecule has 0 radical (unpaired) electrons. The number of Topliss-reactive ketones (excluding diaryl/α,β-unsaturated/α-hetero) is 1. The SMILES string of the molecule is COc1cc2c(cc1OC)C(=O)C(CC1(F)CCN(Cc3cc(F)cc(Br)c3)CC1)C2. The van der Waals surface area contributed by atoms with Crippen LogP contribution < -0.4 is 9.47 Å². The van der Waals surface area contributed by atoms with Crippen LogP contribution >= 0.6 is 15.9 Å². The summed E-state index contributed by atoms with van der Waals surface area (Å²) >= 11 is 3.31. The summed E-state index contributed by atoms with van der Waals surface area (Å²) in [6, 6.07) is 8.36. The third kappa shape index (κ3) is 4.77. The van der Waals surface area contributed by atoms with Crippen LogP contribution in [0.15, 0.2) is 34.8 Å². The summed E-state index contributed by atoms with van der Waals surface area (Å²) in [5, 5.41) is 0. The Hall–Kier alpha value is -1.99. The van der Waals surface area contributed by atoms with Gasteiger partial charge >= 0.3 is 0 Å². The maximum atomic E-state index is 15.7. The van der Waals surface area contributed by atoms with Crippen LogP contribution in [0.2, 0.25) is 0 Å². The largest absolute Gasteiger partial charge is 0.493 e. The molecule has 1 aliphatic heterocycles. The molecule has 0 amide bonds. The van der Waals surface area contributed by atoms with Crippen molar-refractivity contribution in [3.63, 3.8) is 0 Å². The van der Waals surface area contributed by atoms with Gasteiger partial charge in [-0.1, -0.05) is 15.9 Å². The van der Waals surface area contributed by atoms with E-state index in [9.17, 15) is 9.18 Å². The lowest BCUT2D eigenvalue weighted by atomic mass is 9.82. The lowest BCUT2D eigenvalue weighted by Crippen LogP contribution is -2.42. The number of rotatable bonds is 6. The maximum absolute atomic E-state index is 15.7. The molecule has 31 heavy (non-hydrogen) atoms. The fraction of sp³-hybridized carbons (Fsp3) is 0.458. The predicted octanol–water partition coefficient (Wildman–Crippen LogP) is 5.35. The van der Waals surface area contributed by atoms with Crippen molar-refractivity contribution in [2.75, 3.05) is 27.3 Å². The van der Waals surface area contributed by atoms with E-state index in [-0.39, 0.29) is 23.9 Å². The molecule has 0 bridgehead atoms. The van der Waals surface area contributed by atoms with E-state index < -0.39 is 5.67 Å². The first-order valence-electron chi connectivity index (χ1n) is 10.5. The van der Waals surface area contributed by atoms with Gasteiger partial charge in [0.15, 0.2) is 17.3 Å². The second-order valence-electron chi connectivity index (χ2n) is 8.54. The number of methoxy groups -OCH3 is 2. The van der Waals surface area contributed by atoms with Crippen LogP contribution in [0, 0.1) is 11.7 Å². The topological polar surface area (TPSA) is 38.8 Å². The first-order chi connectivity index (χ1) is 14.8. The third-order valence-corrected chi connectivity index (χ3v) is 6.86. The first-order valence-corrected chi connectivity index (χ1v) is 11.2. The van der Waals surface area contributed by atoms with Crippen LogP contribution in [-0.2, 0) is 13.0 Å². The van der Waals surface area contributed by atoms with Gasteiger partial charge in [-0.25, -0.2) is 8.78 Å². The molecule has 2 aromatic rings. The number of nitrogens with zero attached hydrogens (tertiary/aromatic N) is 1. The number of carbonyl (C=O) groups is 1. The van der Waals surface area contributed by atoms with Crippen molar-refractivity contribution >= 4 is 21.7 Å². The van der Waals surface area contributed by atoms with Gasteiger partial charge in [-0.3, -0.25) is 9.69 Å². The Labute approximate surface area is 189 Å². The van der Waals surface area contributed by atoms with Gasteiger partial charge in [-0.15, -0.1) is 0 Å². The summed E-state index contributed by atoms with van der Waals surface area (Å²) in [7, 11) is 3.10. The van der Waals surface area contributed by atoms with Crippen molar-refractivity contribution in [1.29, 1.82) is 0 Å². The molecule has 0 saturated carbocycles. The van der Waals surface area contributed by atoms with Gasteiger partial charge in [0.1, 0.15) is 11.5 Å². The van der Waals surface area contributed by atoms with Crippen LogP contribution in [0.1, 0.15) is 40.7 Å². The second-order valence-corrected chi connectivity index (χ2v) is 9.45. The predicted molar refractivity (Wildman–Crippen MR) is 118 cm³/mol. The van der Waals surface area contributed by atoms with Crippen molar-refractivity contribution in [1.82, 2.24) is 4.90 Å². The quantitative estimate of drug-likeness (QED) is 0.543. The minimum absolute atomic E-state index is 0.0139. The van der Waals surface area contributed by atoms with E-state index in [1.54, 1.807) is 13.2 Å². The van der Waals surface area contributed by atoms with Crippen molar-refractivity contribution in [2.45, 2.75) is 37.9 Å². The van der Waals surface area contributed by atoms with Gasteiger partial charge < -0.3 is 9.47 Å². The molecule has 1 unspecified atom stereocenters. The molecule has 1 atom stereocenters. The number of ketones is 1. The molecule has 1 heterocycles. The van der Waals surface area contributed by atoms with Gasteiger partial charge in [0.25, 0.3) is 0 Å². The summed E-state index contributed by atoms with van der Waals surface area (Å²) in [6.07, 6.45) is 1.50. The zero-order valence-electron chi connectivity index (χ0n) is 17.7. The summed E-state index contributed by atoms with van der Waals surface area (Å²) in [6.45, 7) is 1.75. The maximum Gasteiger partial charge on any atom is 0.166 e. The normalized spacial score (nSPS) is 20.5. The van der Waals surface area contributed by atoms with Crippen LogP contribution in [0.3, 0.4) is 0 Å². The Kier molecular flexibility index (Phi) is 6.35. The number of ether oxygens (including phenoxy) is 2. The Morgan fingerprint density at radius 1 is 1.10 bits per heavy atom. The number of alkyl halides is 1. The summed E-state index contributed by atoms with van der Waals surface area (Å²) in [5.74, 6) is 0.445. The first kappa shape index (κ1) is 22.2. The van der Waals surface area contributed by atoms with E-state index in [0.717, 1.165) is 11.1 Å². The lowest BCUT2D eigenvalue weighted by molar-refractivity contribution is 0.0336. The summed E-state index contributed by atoms with van der Waals surface area (Å²) in [4.78, 5) is 15.1.